The molecular formula is C13H24O. The highest BCUT2D eigenvalue weighted by Gasteiger charge is 2.32. The van der Waals surface area contributed by atoms with Crippen LogP contribution in [0.3, 0.4) is 0 Å². The lowest BCUT2D eigenvalue weighted by Crippen LogP contribution is -2.32. The summed E-state index contributed by atoms with van der Waals surface area (Å²) in [4.78, 5) is 0. The molecule has 1 heteroatoms. The normalized spacial score (nSPS) is 22.0. The molecule has 0 aliphatic heterocycles. The Morgan fingerprint density at radius 1 is 1.36 bits per heavy atom. The van der Waals surface area contributed by atoms with Crippen molar-refractivity contribution < 1.29 is 5.11 Å². The van der Waals surface area contributed by atoms with Crippen molar-refractivity contribution in [3.63, 3.8) is 0 Å². The van der Waals surface area contributed by atoms with E-state index in [1.807, 2.05) is 6.92 Å². The average Bonchev–Trinajstić information content (AvgIpc) is 2.54. The van der Waals surface area contributed by atoms with Crippen molar-refractivity contribution in [1.82, 2.24) is 0 Å². The summed E-state index contributed by atoms with van der Waals surface area (Å²) in [6, 6.07) is 0. The third-order valence-corrected chi connectivity index (χ3v) is 3.44. The van der Waals surface area contributed by atoms with E-state index in [1.54, 1.807) is 0 Å². The first-order valence-electron chi connectivity index (χ1n) is 5.88. The lowest BCUT2D eigenvalue weighted by atomic mass is 9.84. The molecule has 0 amide bonds. The van der Waals surface area contributed by atoms with Crippen molar-refractivity contribution in [1.29, 1.82) is 0 Å². The average molecular weight is 196 g/mol. The van der Waals surface area contributed by atoms with E-state index in [0.717, 1.165) is 12.8 Å². The van der Waals surface area contributed by atoms with Crippen molar-refractivity contribution in [2.24, 2.45) is 5.92 Å². The molecule has 1 rings (SSSR count). The third-order valence-electron chi connectivity index (χ3n) is 3.44. The van der Waals surface area contributed by atoms with Gasteiger partial charge in [-0.2, -0.15) is 0 Å². The topological polar surface area (TPSA) is 20.2 Å². The van der Waals surface area contributed by atoms with Crippen LogP contribution in [0.1, 0.15) is 59.3 Å². The first-order chi connectivity index (χ1) is 6.52. The van der Waals surface area contributed by atoms with Gasteiger partial charge in [0.1, 0.15) is 0 Å². The zero-order valence-electron chi connectivity index (χ0n) is 9.84. The molecule has 1 unspecified atom stereocenters. The SMILES string of the molecule is CC(C)=CCCC(C)(O)C1CCCC1. The number of aliphatic hydroxyl groups is 1. The first kappa shape index (κ1) is 11.8. The van der Waals surface area contributed by atoms with E-state index in [0.29, 0.717) is 5.92 Å². The molecular weight excluding hydrogens is 172 g/mol. The second-order valence-corrected chi connectivity index (χ2v) is 5.16. The lowest BCUT2D eigenvalue weighted by molar-refractivity contribution is -0.00544. The van der Waals surface area contributed by atoms with Crippen molar-refractivity contribution in [3.05, 3.63) is 11.6 Å². The second-order valence-electron chi connectivity index (χ2n) is 5.16. The molecule has 0 radical (unpaired) electrons. The molecule has 1 aliphatic carbocycles. The third kappa shape index (κ3) is 3.45. The van der Waals surface area contributed by atoms with Crippen LogP contribution >= 0.6 is 0 Å². The fourth-order valence-electron chi connectivity index (χ4n) is 2.40. The Bertz CT molecular complexity index is 193. The van der Waals surface area contributed by atoms with Crippen molar-refractivity contribution >= 4 is 0 Å². The Balaban J connectivity index is 2.36. The van der Waals surface area contributed by atoms with Crippen molar-refractivity contribution in [2.45, 2.75) is 64.9 Å². The number of hydrogen-bond donors (Lipinski definition) is 1. The molecule has 14 heavy (non-hydrogen) atoms. The highest BCUT2D eigenvalue weighted by atomic mass is 16.3. The zero-order chi connectivity index (χ0) is 10.6. The van der Waals surface area contributed by atoms with E-state index in [4.69, 9.17) is 0 Å². The van der Waals surface area contributed by atoms with E-state index in [-0.39, 0.29) is 0 Å². The van der Waals surface area contributed by atoms with Crippen LogP contribution in [0.4, 0.5) is 0 Å². The maximum absolute atomic E-state index is 10.3. The standard InChI is InChI=1S/C13H24O/c1-11(2)7-6-10-13(3,14)12-8-4-5-9-12/h7,12,14H,4-6,8-10H2,1-3H3. The van der Waals surface area contributed by atoms with E-state index in [9.17, 15) is 5.11 Å². The Hall–Kier alpha value is -0.300. The van der Waals surface area contributed by atoms with Gasteiger partial charge in [0.25, 0.3) is 0 Å². The monoisotopic (exact) mass is 196 g/mol. The van der Waals surface area contributed by atoms with Gasteiger partial charge in [-0.3, -0.25) is 0 Å². The molecule has 0 aromatic carbocycles. The first-order valence-corrected chi connectivity index (χ1v) is 5.88. The van der Waals surface area contributed by atoms with Gasteiger partial charge in [-0.15, -0.1) is 0 Å². The van der Waals surface area contributed by atoms with Crippen LogP contribution in [0.5, 0.6) is 0 Å². The fraction of sp³-hybridized carbons (Fsp3) is 0.846. The van der Waals surface area contributed by atoms with Crippen LogP contribution < -0.4 is 0 Å². The molecule has 0 aromatic rings. The number of allylic oxidation sites excluding steroid dienone is 2. The van der Waals surface area contributed by atoms with Gasteiger partial charge in [0.2, 0.25) is 0 Å². The minimum atomic E-state index is -0.428. The molecule has 0 aromatic heterocycles. The van der Waals surface area contributed by atoms with Gasteiger partial charge in [-0.25, -0.2) is 0 Å². The Morgan fingerprint density at radius 2 is 1.93 bits per heavy atom. The minimum absolute atomic E-state index is 0.428. The van der Waals surface area contributed by atoms with Gasteiger partial charge in [0, 0.05) is 0 Å². The van der Waals surface area contributed by atoms with Gasteiger partial charge in [0.05, 0.1) is 5.60 Å². The van der Waals surface area contributed by atoms with E-state index in [2.05, 4.69) is 19.9 Å². The largest absolute Gasteiger partial charge is 0.390 e. The summed E-state index contributed by atoms with van der Waals surface area (Å²) >= 11 is 0. The summed E-state index contributed by atoms with van der Waals surface area (Å²) in [5.74, 6) is 0.549. The highest BCUT2D eigenvalue weighted by Crippen LogP contribution is 2.36. The summed E-state index contributed by atoms with van der Waals surface area (Å²) in [5, 5.41) is 10.3. The van der Waals surface area contributed by atoms with Gasteiger partial charge >= 0.3 is 0 Å². The Kier molecular flexibility index (Phi) is 4.18. The summed E-state index contributed by atoms with van der Waals surface area (Å²) in [5.41, 5.74) is 0.926. The quantitative estimate of drug-likeness (QED) is 0.680. The molecule has 1 N–H and O–H groups in total. The second kappa shape index (κ2) is 4.97. The molecule has 1 aliphatic rings. The Labute approximate surface area is 88.2 Å². The van der Waals surface area contributed by atoms with E-state index in [1.165, 1.54) is 31.3 Å². The summed E-state index contributed by atoms with van der Waals surface area (Å²) in [6.45, 7) is 6.25. The molecule has 0 saturated heterocycles. The molecule has 0 spiro atoms. The lowest BCUT2D eigenvalue weighted by Gasteiger charge is -2.29. The van der Waals surface area contributed by atoms with Crippen molar-refractivity contribution in [3.8, 4) is 0 Å². The maximum Gasteiger partial charge on any atom is 0.0650 e. The molecule has 1 atom stereocenters. The maximum atomic E-state index is 10.3. The van der Waals surface area contributed by atoms with Crippen LogP contribution in [0.2, 0.25) is 0 Å². The fourth-order valence-corrected chi connectivity index (χ4v) is 2.40. The van der Waals surface area contributed by atoms with Crippen LogP contribution in [-0.2, 0) is 0 Å². The minimum Gasteiger partial charge on any atom is -0.390 e. The zero-order valence-corrected chi connectivity index (χ0v) is 9.84. The summed E-state index contributed by atoms with van der Waals surface area (Å²) in [7, 11) is 0. The van der Waals surface area contributed by atoms with Crippen LogP contribution in [0.25, 0.3) is 0 Å². The van der Waals surface area contributed by atoms with Gasteiger partial charge in [-0.1, -0.05) is 24.5 Å². The highest BCUT2D eigenvalue weighted by molar-refractivity contribution is 4.95. The van der Waals surface area contributed by atoms with Crippen LogP contribution in [-0.4, -0.2) is 10.7 Å². The predicted molar refractivity (Wildman–Crippen MR) is 61.2 cm³/mol. The summed E-state index contributed by atoms with van der Waals surface area (Å²) < 4.78 is 0. The van der Waals surface area contributed by atoms with Crippen molar-refractivity contribution in [2.75, 3.05) is 0 Å². The van der Waals surface area contributed by atoms with Gasteiger partial charge in [-0.05, 0) is 52.4 Å². The summed E-state index contributed by atoms with van der Waals surface area (Å²) in [6.07, 6.45) is 9.23. The van der Waals surface area contributed by atoms with Crippen LogP contribution in [0, 0.1) is 5.92 Å². The molecule has 0 bridgehead atoms. The molecule has 0 heterocycles. The van der Waals surface area contributed by atoms with Gasteiger partial charge in [0.15, 0.2) is 0 Å². The van der Waals surface area contributed by atoms with E-state index < -0.39 is 5.60 Å². The molecule has 1 fully saturated rings. The number of hydrogen-bond acceptors (Lipinski definition) is 1. The number of rotatable bonds is 4. The molecule has 82 valence electrons. The smallest absolute Gasteiger partial charge is 0.0650 e. The molecule has 1 saturated carbocycles. The van der Waals surface area contributed by atoms with Gasteiger partial charge < -0.3 is 5.11 Å². The predicted octanol–water partition coefficient (Wildman–Crippen LogP) is 3.67. The van der Waals surface area contributed by atoms with Crippen LogP contribution in [0.15, 0.2) is 11.6 Å². The Morgan fingerprint density at radius 3 is 2.43 bits per heavy atom. The van der Waals surface area contributed by atoms with E-state index >= 15 is 0 Å². The molecule has 1 nitrogen and oxygen atoms in total.